The zero-order valence-electron chi connectivity index (χ0n) is 32.6. The van der Waals surface area contributed by atoms with Crippen molar-refractivity contribution in [1.29, 1.82) is 0 Å². The number of para-hydroxylation sites is 1. The van der Waals surface area contributed by atoms with Gasteiger partial charge in [-0.25, -0.2) is 0 Å². The first-order valence-electron chi connectivity index (χ1n) is 20.8. The average Bonchev–Trinajstić information content (AvgIpc) is 3.89. The number of allylic oxidation sites excluding steroid dienone is 5. The van der Waals surface area contributed by atoms with Gasteiger partial charge in [-0.2, -0.15) is 0 Å². The van der Waals surface area contributed by atoms with E-state index in [2.05, 4.69) is 206 Å². The van der Waals surface area contributed by atoms with Gasteiger partial charge in [-0.05, 0) is 95.9 Å². The molecule has 0 amide bonds. The SMILES string of the molecule is C1=CC2=C(c3ccccc3)c3ccccc3C(c3cccc4c3oc3cccc(-c5c6ccccc6c(-c6ccc7sc8ccccc8c7c6)c6ccccc56)c34)C2C=C1. The minimum atomic E-state index is 0.0798. The molecule has 0 bridgehead atoms. The van der Waals surface area contributed by atoms with Crippen LogP contribution in [0.2, 0.25) is 0 Å². The Morgan fingerprint density at radius 1 is 0.433 bits per heavy atom. The monoisotopic (exact) mass is 780 g/mol. The summed E-state index contributed by atoms with van der Waals surface area (Å²) in [6.45, 7) is 0. The van der Waals surface area contributed by atoms with Crippen LogP contribution in [0.1, 0.15) is 28.2 Å². The molecule has 0 saturated heterocycles. The maximum Gasteiger partial charge on any atom is 0.139 e. The van der Waals surface area contributed by atoms with Gasteiger partial charge in [0.15, 0.2) is 0 Å². The van der Waals surface area contributed by atoms with Crippen LogP contribution < -0.4 is 0 Å². The van der Waals surface area contributed by atoms with E-state index >= 15 is 0 Å². The lowest BCUT2D eigenvalue weighted by atomic mass is 9.66. The topological polar surface area (TPSA) is 13.1 Å². The van der Waals surface area contributed by atoms with Gasteiger partial charge < -0.3 is 4.42 Å². The molecule has 60 heavy (non-hydrogen) atoms. The quantitative estimate of drug-likeness (QED) is 0.162. The fourth-order valence-corrected chi connectivity index (χ4v) is 11.8. The lowest BCUT2D eigenvalue weighted by Crippen LogP contribution is -2.23. The van der Waals surface area contributed by atoms with Crippen LogP contribution in [0.25, 0.3) is 91.5 Å². The summed E-state index contributed by atoms with van der Waals surface area (Å²) < 4.78 is 9.78. The summed E-state index contributed by atoms with van der Waals surface area (Å²) in [6, 6.07) is 67.1. The molecule has 11 aromatic rings. The third kappa shape index (κ3) is 4.86. The Kier molecular flexibility index (Phi) is 7.37. The predicted molar refractivity (Wildman–Crippen MR) is 255 cm³/mol. The molecular formula is C58H36OS. The lowest BCUT2D eigenvalue weighted by molar-refractivity contribution is 0.619. The molecule has 9 aromatic carbocycles. The predicted octanol–water partition coefficient (Wildman–Crippen LogP) is 16.3. The summed E-state index contributed by atoms with van der Waals surface area (Å²) in [7, 11) is 0. The molecule has 2 aromatic heterocycles. The number of thiophene rings is 1. The summed E-state index contributed by atoms with van der Waals surface area (Å²) >= 11 is 1.87. The molecule has 0 spiro atoms. The van der Waals surface area contributed by atoms with Gasteiger partial charge in [-0.1, -0.05) is 182 Å². The first-order valence-corrected chi connectivity index (χ1v) is 21.7. The van der Waals surface area contributed by atoms with Crippen LogP contribution in [0.3, 0.4) is 0 Å². The van der Waals surface area contributed by atoms with Crippen molar-refractivity contribution in [2.45, 2.75) is 5.92 Å². The second-order valence-corrected chi connectivity index (χ2v) is 17.3. The maximum absolute atomic E-state index is 7.13. The summed E-state index contributed by atoms with van der Waals surface area (Å²) in [5, 5.41) is 9.92. The van der Waals surface area contributed by atoms with E-state index in [4.69, 9.17) is 4.42 Å². The van der Waals surface area contributed by atoms with Crippen LogP contribution >= 0.6 is 11.3 Å². The molecule has 2 heteroatoms. The van der Waals surface area contributed by atoms with Gasteiger partial charge in [-0.15, -0.1) is 11.3 Å². The van der Waals surface area contributed by atoms with Crippen molar-refractivity contribution in [2.24, 2.45) is 5.92 Å². The first-order chi connectivity index (χ1) is 29.8. The van der Waals surface area contributed by atoms with Gasteiger partial charge in [0.25, 0.3) is 0 Å². The zero-order valence-corrected chi connectivity index (χ0v) is 33.4. The molecule has 0 N–H and O–H groups in total. The summed E-state index contributed by atoms with van der Waals surface area (Å²) in [4.78, 5) is 0. The molecule has 2 aliphatic rings. The van der Waals surface area contributed by atoms with E-state index in [1.807, 2.05) is 11.3 Å². The van der Waals surface area contributed by atoms with Crippen LogP contribution in [0.4, 0.5) is 0 Å². The van der Waals surface area contributed by atoms with Crippen LogP contribution in [-0.4, -0.2) is 0 Å². The van der Waals surface area contributed by atoms with Crippen molar-refractivity contribution >= 4 is 80.6 Å². The van der Waals surface area contributed by atoms with E-state index in [9.17, 15) is 0 Å². The summed E-state index contributed by atoms with van der Waals surface area (Å²) in [5.74, 6) is 0.237. The van der Waals surface area contributed by atoms with Crippen LogP contribution in [-0.2, 0) is 0 Å². The smallest absolute Gasteiger partial charge is 0.139 e. The van der Waals surface area contributed by atoms with Gasteiger partial charge in [0, 0.05) is 48.3 Å². The normalized spacial score (nSPS) is 16.1. The number of hydrogen-bond donors (Lipinski definition) is 0. The Hall–Kier alpha value is -7.26. The van der Waals surface area contributed by atoms with Gasteiger partial charge in [0.1, 0.15) is 11.2 Å². The summed E-state index contributed by atoms with van der Waals surface area (Å²) in [6.07, 6.45) is 9.13. The number of rotatable bonds is 4. The van der Waals surface area contributed by atoms with Crippen LogP contribution in [0.15, 0.2) is 216 Å². The molecule has 2 atom stereocenters. The van der Waals surface area contributed by atoms with Crippen molar-refractivity contribution in [1.82, 2.24) is 0 Å². The van der Waals surface area contributed by atoms with E-state index in [0.717, 1.165) is 21.9 Å². The number of benzene rings is 9. The second-order valence-electron chi connectivity index (χ2n) is 16.2. The van der Waals surface area contributed by atoms with Gasteiger partial charge in [0.2, 0.25) is 0 Å². The van der Waals surface area contributed by atoms with Crippen molar-refractivity contribution < 1.29 is 4.42 Å². The molecule has 2 heterocycles. The molecule has 2 aliphatic carbocycles. The van der Waals surface area contributed by atoms with Gasteiger partial charge in [-0.3, -0.25) is 0 Å². The second kappa shape index (κ2) is 13.1. The Morgan fingerprint density at radius 3 is 1.88 bits per heavy atom. The highest BCUT2D eigenvalue weighted by atomic mass is 32.1. The van der Waals surface area contributed by atoms with Crippen molar-refractivity contribution in [3.8, 4) is 22.3 Å². The molecule has 13 rings (SSSR count). The number of hydrogen-bond acceptors (Lipinski definition) is 2. The van der Waals surface area contributed by atoms with Crippen molar-refractivity contribution in [3.63, 3.8) is 0 Å². The minimum Gasteiger partial charge on any atom is -0.456 e. The Balaban J connectivity index is 1.05. The zero-order chi connectivity index (χ0) is 39.3. The number of furan rings is 1. The minimum absolute atomic E-state index is 0.0798. The standard InChI is InChI=1S/C58H36OS/c1-2-16-35(17-3-1)53-38-19-4-10-25-44(38)56(45-26-11-5-20-39(45)53)47-28-14-29-48-57-46(27-15-30-50(57)59-58(47)48)55-42-23-8-6-21-40(42)54(41-22-7-9-24-43(41)55)36-32-33-52-49(34-36)37-18-12-13-31-51(37)60-52/h1-34,44,56H. The molecule has 0 aliphatic heterocycles. The largest absolute Gasteiger partial charge is 0.456 e. The third-order valence-corrected chi connectivity index (χ3v) is 14.2. The third-order valence-electron chi connectivity index (χ3n) is 13.1. The van der Waals surface area contributed by atoms with E-state index in [1.165, 1.54) is 97.4 Å². The maximum atomic E-state index is 7.13. The van der Waals surface area contributed by atoms with Crippen molar-refractivity contribution in [3.05, 3.63) is 234 Å². The van der Waals surface area contributed by atoms with E-state index < -0.39 is 0 Å². The molecule has 280 valence electrons. The van der Waals surface area contributed by atoms with E-state index in [1.54, 1.807) is 0 Å². The highest BCUT2D eigenvalue weighted by molar-refractivity contribution is 7.25. The molecule has 0 radical (unpaired) electrons. The highest BCUT2D eigenvalue weighted by Gasteiger charge is 2.37. The Bertz CT molecular complexity index is 3610. The van der Waals surface area contributed by atoms with Gasteiger partial charge in [0.05, 0.1) is 0 Å². The first kappa shape index (κ1) is 33.7. The Labute approximate surface area is 351 Å². The van der Waals surface area contributed by atoms with Crippen LogP contribution in [0, 0.1) is 5.92 Å². The molecule has 1 nitrogen and oxygen atoms in total. The van der Waals surface area contributed by atoms with Gasteiger partial charge >= 0.3 is 0 Å². The average molecular weight is 781 g/mol. The lowest BCUT2D eigenvalue weighted by Gasteiger charge is -2.36. The van der Waals surface area contributed by atoms with Crippen LogP contribution in [0.5, 0.6) is 0 Å². The molecule has 0 fully saturated rings. The van der Waals surface area contributed by atoms with Crippen molar-refractivity contribution in [2.75, 3.05) is 0 Å². The fourth-order valence-electron chi connectivity index (χ4n) is 10.7. The highest BCUT2D eigenvalue weighted by Crippen LogP contribution is 2.53. The molecular weight excluding hydrogens is 745 g/mol. The summed E-state index contributed by atoms with van der Waals surface area (Å²) in [5.41, 5.74) is 14.6. The van der Waals surface area contributed by atoms with E-state index in [0.29, 0.717) is 0 Å². The number of fused-ring (bicyclic) bond motifs is 10. The fraction of sp³-hybridized carbons (Fsp3) is 0.0345. The Morgan fingerprint density at radius 2 is 1.07 bits per heavy atom. The van der Waals surface area contributed by atoms with E-state index in [-0.39, 0.29) is 11.8 Å². The molecule has 2 unspecified atom stereocenters. The molecule has 0 saturated carbocycles.